The molecule has 0 radical (unpaired) electrons. The molecule has 0 saturated heterocycles. The maximum Gasteiger partial charge on any atom is 0.309 e. The predicted molar refractivity (Wildman–Crippen MR) is 73.7 cm³/mol. The lowest BCUT2D eigenvalue weighted by atomic mass is 9.81. The standard InChI is InChI=1S/C16H20O4/c1-19-15(17)13-8-5-9-14(10-13)16(18)20-11-12-6-3-2-4-7-12/h2-4,6-7,13-14H,5,8-11H2,1H3. The van der Waals surface area contributed by atoms with Gasteiger partial charge in [0, 0.05) is 0 Å². The summed E-state index contributed by atoms with van der Waals surface area (Å²) < 4.78 is 10.1. The number of methoxy groups -OCH3 is 1. The smallest absolute Gasteiger partial charge is 0.309 e. The molecule has 0 bridgehead atoms. The lowest BCUT2D eigenvalue weighted by molar-refractivity contribution is -0.154. The number of carbonyl (C=O) groups excluding carboxylic acids is 2. The Hall–Kier alpha value is -1.84. The molecule has 2 unspecified atom stereocenters. The van der Waals surface area contributed by atoms with Crippen molar-refractivity contribution in [2.24, 2.45) is 11.8 Å². The minimum atomic E-state index is -0.217. The third kappa shape index (κ3) is 3.83. The van der Waals surface area contributed by atoms with E-state index >= 15 is 0 Å². The van der Waals surface area contributed by atoms with E-state index in [1.54, 1.807) is 0 Å². The second kappa shape index (κ2) is 7.08. The number of benzene rings is 1. The van der Waals surface area contributed by atoms with E-state index in [0.717, 1.165) is 24.8 Å². The second-order valence-electron chi connectivity index (χ2n) is 5.18. The van der Waals surface area contributed by atoms with Crippen molar-refractivity contribution in [3.8, 4) is 0 Å². The van der Waals surface area contributed by atoms with Crippen molar-refractivity contribution >= 4 is 11.9 Å². The Balaban J connectivity index is 1.84. The SMILES string of the molecule is COC(=O)C1CCCC(C(=O)OCc2ccccc2)C1. The molecule has 20 heavy (non-hydrogen) atoms. The fraction of sp³-hybridized carbons (Fsp3) is 0.500. The van der Waals surface area contributed by atoms with Crippen LogP contribution in [0.15, 0.2) is 30.3 Å². The Morgan fingerprint density at radius 1 is 1.10 bits per heavy atom. The van der Waals surface area contributed by atoms with Gasteiger partial charge in [-0.2, -0.15) is 0 Å². The van der Waals surface area contributed by atoms with E-state index in [4.69, 9.17) is 9.47 Å². The van der Waals surface area contributed by atoms with Gasteiger partial charge in [-0.1, -0.05) is 36.8 Å². The number of carbonyl (C=O) groups is 2. The Bertz CT molecular complexity index is 455. The molecule has 0 N–H and O–H groups in total. The number of rotatable bonds is 4. The third-order valence-corrected chi connectivity index (χ3v) is 3.77. The first kappa shape index (κ1) is 14.6. The molecule has 108 valence electrons. The van der Waals surface area contributed by atoms with Gasteiger partial charge >= 0.3 is 11.9 Å². The van der Waals surface area contributed by atoms with Crippen LogP contribution >= 0.6 is 0 Å². The highest BCUT2D eigenvalue weighted by Crippen LogP contribution is 2.30. The van der Waals surface area contributed by atoms with E-state index in [2.05, 4.69) is 0 Å². The lowest BCUT2D eigenvalue weighted by Crippen LogP contribution is -2.29. The minimum absolute atomic E-state index is 0.164. The number of hydrogen-bond acceptors (Lipinski definition) is 4. The summed E-state index contributed by atoms with van der Waals surface area (Å²) in [6.07, 6.45) is 3.00. The summed E-state index contributed by atoms with van der Waals surface area (Å²) in [5.74, 6) is -0.771. The van der Waals surface area contributed by atoms with Crippen molar-refractivity contribution in [3.63, 3.8) is 0 Å². The maximum absolute atomic E-state index is 12.1. The van der Waals surface area contributed by atoms with Crippen LogP contribution in [0, 0.1) is 11.8 Å². The summed E-state index contributed by atoms with van der Waals surface area (Å²) >= 11 is 0. The number of hydrogen-bond donors (Lipinski definition) is 0. The predicted octanol–water partition coefficient (Wildman–Crippen LogP) is 2.71. The van der Waals surface area contributed by atoms with Crippen LogP contribution in [0.2, 0.25) is 0 Å². The largest absolute Gasteiger partial charge is 0.469 e. The molecule has 1 aliphatic carbocycles. The first-order chi connectivity index (χ1) is 9.70. The van der Waals surface area contributed by atoms with Gasteiger partial charge in [0.15, 0.2) is 0 Å². The maximum atomic E-state index is 12.1. The fourth-order valence-electron chi connectivity index (χ4n) is 2.63. The average molecular weight is 276 g/mol. The third-order valence-electron chi connectivity index (χ3n) is 3.77. The summed E-state index contributed by atoms with van der Waals surface area (Å²) in [6.45, 7) is 0.291. The zero-order chi connectivity index (χ0) is 14.4. The van der Waals surface area contributed by atoms with Crippen LogP contribution in [-0.4, -0.2) is 19.0 Å². The first-order valence-corrected chi connectivity index (χ1v) is 6.99. The summed E-state index contributed by atoms with van der Waals surface area (Å²) in [5.41, 5.74) is 0.973. The molecule has 2 atom stereocenters. The van der Waals surface area contributed by atoms with E-state index in [1.165, 1.54) is 7.11 Å². The topological polar surface area (TPSA) is 52.6 Å². The van der Waals surface area contributed by atoms with Gasteiger partial charge in [-0.15, -0.1) is 0 Å². The average Bonchev–Trinajstić information content (AvgIpc) is 2.53. The van der Waals surface area contributed by atoms with Gasteiger partial charge in [0.2, 0.25) is 0 Å². The molecule has 4 heteroatoms. The van der Waals surface area contributed by atoms with Gasteiger partial charge in [0.05, 0.1) is 18.9 Å². The monoisotopic (exact) mass is 276 g/mol. The van der Waals surface area contributed by atoms with Gasteiger partial charge in [-0.3, -0.25) is 9.59 Å². The van der Waals surface area contributed by atoms with E-state index < -0.39 is 0 Å². The first-order valence-electron chi connectivity index (χ1n) is 6.99. The van der Waals surface area contributed by atoms with Crippen molar-refractivity contribution in [1.82, 2.24) is 0 Å². The Labute approximate surface area is 119 Å². The Morgan fingerprint density at radius 3 is 2.40 bits per heavy atom. The molecule has 0 aromatic heterocycles. The van der Waals surface area contributed by atoms with Crippen molar-refractivity contribution in [2.75, 3.05) is 7.11 Å². The molecule has 0 aliphatic heterocycles. The van der Waals surface area contributed by atoms with E-state index in [9.17, 15) is 9.59 Å². The number of esters is 2. The van der Waals surface area contributed by atoms with Crippen molar-refractivity contribution in [1.29, 1.82) is 0 Å². The van der Waals surface area contributed by atoms with Gasteiger partial charge in [0.25, 0.3) is 0 Å². The van der Waals surface area contributed by atoms with E-state index in [-0.39, 0.29) is 23.8 Å². The van der Waals surface area contributed by atoms with Crippen LogP contribution in [-0.2, 0) is 25.7 Å². The van der Waals surface area contributed by atoms with Crippen LogP contribution in [0.4, 0.5) is 0 Å². The molecule has 1 aromatic carbocycles. The molecule has 0 amide bonds. The highest BCUT2D eigenvalue weighted by atomic mass is 16.5. The molecule has 1 saturated carbocycles. The molecule has 2 rings (SSSR count). The van der Waals surface area contributed by atoms with Crippen molar-refractivity contribution in [2.45, 2.75) is 32.3 Å². The van der Waals surface area contributed by atoms with Crippen molar-refractivity contribution in [3.05, 3.63) is 35.9 Å². The molecular formula is C16H20O4. The Kier molecular flexibility index (Phi) is 5.16. The molecule has 0 heterocycles. The summed E-state index contributed by atoms with van der Waals surface area (Å²) in [6, 6.07) is 9.60. The summed E-state index contributed by atoms with van der Waals surface area (Å²) in [5, 5.41) is 0. The van der Waals surface area contributed by atoms with Gasteiger partial charge in [-0.05, 0) is 24.8 Å². The van der Waals surface area contributed by atoms with E-state index in [0.29, 0.717) is 13.0 Å². The normalized spacial score (nSPS) is 22.1. The highest BCUT2D eigenvalue weighted by Gasteiger charge is 2.32. The quantitative estimate of drug-likeness (QED) is 0.793. The van der Waals surface area contributed by atoms with E-state index in [1.807, 2.05) is 30.3 Å². The van der Waals surface area contributed by atoms with Crippen LogP contribution in [0.1, 0.15) is 31.2 Å². The Morgan fingerprint density at radius 2 is 1.75 bits per heavy atom. The second-order valence-corrected chi connectivity index (χ2v) is 5.18. The zero-order valence-corrected chi connectivity index (χ0v) is 11.7. The van der Waals surface area contributed by atoms with Gasteiger partial charge < -0.3 is 9.47 Å². The van der Waals surface area contributed by atoms with Crippen LogP contribution in [0.25, 0.3) is 0 Å². The molecule has 1 aromatic rings. The molecule has 1 aliphatic rings. The molecule has 0 spiro atoms. The molecule has 1 fully saturated rings. The minimum Gasteiger partial charge on any atom is -0.469 e. The fourth-order valence-corrected chi connectivity index (χ4v) is 2.63. The number of ether oxygens (including phenoxy) is 2. The highest BCUT2D eigenvalue weighted by molar-refractivity contribution is 5.76. The van der Waals surface area contributed by atoms with Crippen LogP contribution in [0.3, 0.4) is 0 Å². The van der Waals surface area contributed by atoms with Gasteiger partial charge in [-0.25, -0.2) is 0 Å². The molecular weight excluding hydrogens is 256 g/mol. The van der Waals surface area contributed by atoms with Gasteiger partial charge in [0.1, 0.15) is 6.61 Å². The van der Waals surface area contributed by atoms with Crippen LogP contribution in [0.5, 0.6) is 0 Å². The molecule has 4 nitrogen and oxygen atoms in total. The van der Waals surface area contributed by atoms with Crippen LogP contribution < -0.4 is 0 Å². The summed E-state index contributed by atoms with van der Waals surface area (Å²) in [7, 11) is 1.39. The zero-order valence-electron chi connectivity index (χ0n) is 11.7. The lowest BCUT2D eigenvalue weighted by Gasteiger charge is -2.25. The van der Waals surface area contributed by atoms with Crippen molar-refractivity contribution < 1.29 is 19.1 Å². The summed E-state index contributed by atoms with van der Waals surface area (Å²) in [4.78, 5) is 23.6.